The van der Waals surface area contributed by atoms with Crippen molar-refractivity contribution in [3.63, 3.8) is 0 Å². The standard InChI is InChI=1S/C12H21N3O/c1-3-10(4-2)7-12(16)11-8-15(6-5-13)9-14-11/h8-10H,3-7,13H2,1-2H3. The van der Waals surface area contributed by atoms with Crippen LogP contribution in [-0.4, -0.2) is 21.9 Å². The molecular formula is C12H21N3O. The first-order valence-corrected chi connectivity index (χ1v) is 5.96. The topological polar surface area (TPSA) is 60.9 Å². The zero-order chi connectivity index (χ0) is 12.0. The number of nitrogens with two attached hydrogens (primary N) is 1. The van der Waals surface area contributed by atoms with Crippen molar-refractivity contribution in [2.24, 2.45) is 11.7 Å². The Kier molecular flexibility index (Phi) is 5.19. The highest BCUT2D eigenvalue weighted by atomic mass is 16.1. The molecule has 0 aliphatic carbocycles. The van der Waals surface area contributed by atoms with E-state index in [9.17, 15) is 4.79 Å². The van der Waals surface area contributed by atoms with Gasteiger partial charge in [-0.25, -0.2) is 4.98 Å². The van der Waals surface area contributed by atoms with Crippen LogP contribution in [0.2, 0.25) is 0 Å². The summed E-state index contributed by atoms with van der Waals surface area (Å²) in [5, 5.41) is 0. The van der Waals surface area contributed by atoms with Crippen molar-refractivity contribution in [3.8, 4) is 0 Å². The Morgan fingerprint density at radius 3 is 2.75 bits per heavy atom. The van der Waals surface area contributed by atoms with Crippen molar-refractivity contribution >= 4 is 5.78 Å². The van der Waals surface area contributed by atoms with Crippen LogP contribution < -0.4 is 5.73 Å². The highest BCUT2D eigenvalue weighted by molar-refractivity contribution is 5.94. The van der Waals surface area contributed by atoms with Crippen molar-refractivity contribution in [1.29, 1.82) is 0 Å². The van der Waals surface area contributed by atoms with Crippen LogP contribution >= 0.6 is 0 Å². The maximum Gasteiger partial charge on any atom is 0.183 e. The van der Waals surface area contributed by atoms with Crippen LogP contribution in [-0.2, 0) is 6.54 Å². The molecule has 0 aliphatic heterocycles. The lowest BCUT2D eigenvalue weighted by atomic mass is 9.96. The fourth-order valence-electron chi connectivity index (χ4n) is 1.72. The minimum Gasteiger partial charge on any atom is -0.335 e. The lowest BCUT2D eigenvalue weighted by Crippen LogP contribution is -2.09. The van der Waals surface area contributed by atoms with Crippen LogP contribution in [0.4, 0.5) is 0 Å². The predicted molar refractivity (Wildman–Crippen MR) is 64.3 cm³/mol. The average Bonchev–Trinajstić information content (AvgIpc) is 2.74. The summed E-state index contributed by atoms with van der Waals surface area (Å²) < 4.78 is 1.86. The molecule has 0 saturated heterocycles. The highest BCUT2D eigenvalue weighted by Gasteiger charge is 2.14. The number of Topliss-reactive ketones (excluding diaryl/α,β-unsaturated/α-hetero) is 1. The molecule has 1 rings (SSSR count). The Morgan fingerprint density at radius 1 is 1.50 bits per heavy atom. The number of carbonyl (C=O) groups is 1. The van der Waals surface area contributed by atoms with Gasteiger partial charge in [0.05, 0.1) is 6.33 Å². The van der Waals surface area contributed by atoms with Gasteiger partial charge < -0.3 is 10.3 Å². The summed E-state index contributed by atoms with van der Waals surface area (Å²) in [4.78, 5) is 16.0. The first-order chi connectivity index (χ1) is 7.71. The molecule has 1 aromatic rings. The second-order valence-electron chi connectivity index (χ2n) is 4.10. The molecule has 4 heteroatoms. The van der Waals surface area contributed by atoms with Gasteiger partial charge in [-0.3, -0.25) is 4.79 Å². The van der Waals surface area contributed by atoms with E-state index in [4.69, 9.17) is 5.73 Å². The minimum absolute atomic E-state index is 0.143. The lowest BCUT2D eigenvalue weighted by molar-refractivity contribution is 0.0954. The molecule has 90 valence electrons. The number of aromatic nitrogens is 2. The van der Waals surface area contributed by atoms with Gasteiger partial charge >= 0.3 is 0 Å². The third-order valence-electron chi connectivity index (χ3n) is 2.94. The third-order valence-corrected chi connectivity index (χ3v) is 2.94. The second-order valence-corrected chi connectivity index (χ2v) is 4.10. The van der Waals surface area contributed by atoms with Crippen molar-refractivity contribution in [3.05, 3.63) is 18.2 Å². The molecular weight excluding hydrogens is 202 g/mol. The number of nitrogens with zero attached hydrogens (tertiary/aromatic N) is 2. The highest BCUT2D eigenvalue weighted by Crippen LogP contribution is 2.15. The smallest absolute Gasteiger partial charge is 0.183 e. The summed E-state index contributed by atoms with van der Waals surface area (Å²) >= 11 is 0. The second kappa shape index (κ2) is 6.43. The van der Waals surface area contributed by atoms with Crippen LogP contribution in [0.15, 0.2) is 12.5 Å². The summed E-state index contributed by atoms with van der Waals surface area (Å²) in [5.41, 5.74) is 6.01. The van der Waals surface area contributed by atoms with Crippen molar-refractivity contribution < 1.29 is 4.79 Å². The van der Waals surface area contributed by atoms with Crippen LogP contribution in [0.3, 0.4) is 0 Å². The van der Waals surface area contributed by atoms with Gasteiger partial charge in [-0.1, -0.05) is 26.7 Å². The van der Waals surface area contributed by atoms with Gasteiger partial charge in [0.1, 0.15) is 5.69 Å². The molecule has 0 fully saturated rings. The fraction of sp³-hybridized carbons (Fsp3) is 0.667. The SMILES string of the molecule is CCC(CC)CC(=O)c1cn(CCN)cn1. The molecule has 0 unspecified atom stereocenters. The molecule has 2 N–H and O–H groups in total. The minimum atomic E-state index is 0.143. The van der Waals surface area contributed by atoms with Gasteiger partial charge in [0.2, 0.25) is 0 Å². The Balaban J connectivity index is 2.58. The quantitative estimate of drug-likeness (QED) is 0.718. The average molecular weight is 223 g/mol. The summed E-state index contributed by atoms with van der Waals surface area (Å²) in [6.45, 7) is 5.52. The summed E-state index contributed by atoms with van der Waals surface area (Å²) in [7, 11) is 0. The van der Waals surface area contributed by atoms with Crippen LogP contribution in [0.1, 0.15) is 43.6 Å². The van der Waals surface area contributed by atoms with Crippen molar-refractivity contribution in [1.82, 2.24) is 9.55 Å². The molecule has 0 spiro atoms. The number of hydrogen-bond donors (Lipinski definition) is 1. The van der Waals surface area contributed by atoms with E-state index in [0.717, 1.165) is 12.8 Å². The molecule has 0 radical (unpaired) electrons. The molecule has 0 atom stereocenters. The van der Waals surface area contributed by atoms with Crippen molar-refractivity contribution in [2.75, 3.05) is 6.54 Å². The summed E-state index contributed by atoms with van der Waals surface area (Å²) in [6.07, 6.45) is 6.16. The molecule has 0 bridgehead atoms. The Morgan fingerprint density at radius 2 is 2.19 bits per heavy atom. The van der Waals surface area contributed by atoms with Gasteiger partial charge in [0, 0.05) is 25.7 Å². The first kappa shape index (κ1) is 12.9. The van der Waals surface area contributed by atoms with E-state index >= 15 is 0 Å². The largest absolute Gasteiger partial charge is 0.335 e. The van der Waals surface area contributed by atoms with Gasteiger partial charge in [-0.2, -0.15) is 0 Å². The Hall–Kier alpha value is -1.16. The molecule has 4 nitrogen and oxygen atoms in total. The maximum absolute atomic E-state index is 11.9. The fourth-order valence-corrected chi connectivity index (χ4v) is 1.72. The molecule has 16 heavy (non-hydrogen) atoms. The number of rotatable bonds is 7. The normalized spacial score (nSPS) is 11.0. The predicted octanol–water partition coefficient (Wildman–Crippen LogP) is 1.85. The van der Waals surface area contributed by atoms with Crippen LogP contribution in [0, 0.1) is 5.92 Å². The van der Waals surface area contributed by atoms with E-state index in [-0.39, 0.29) is 5.78 Å². The van der Waals surface area contributed by atoms with Gasteiger partial charge in [0.15, 0.2) is 5.78 Å². The summed E-state index contributed by atoms with van der Waals surface area (Å²) in [5.74, 6) is 0.622. The van der Waals surface area contributed by atoms with E-state index in [1.54, 1.807) is 12.5 Å². The number of ketones is 1. The van der Waals surface area contributed by atoms with Crippen LogP contribution in [0.25, 0.3) is 0 Å². The summed E-state index contributed by atoms with van der Waals surface area (Å²) in [6, 6.07) is 0. The molecule has 1 heterocycles. The lowest BCUT2D eigenvalue weighted by Gasteiger charge is -2.09. The van der Waals surface area contributed by atoms with E-state index in [0.29, 0.717) is 31.1 Å². The molecule has 0 aliphatic rings. The molecule has 0 saturated carbocycles. The van der Waals surface area contributed by atoms with E-state index in [1.165, 1.54) is 0 Å². The van der Waals surface area contributed by atoms with E-state index < -0.39 is 0 Å². The molecule has 1 aromatic heterocycles. The number of carbonyl (C=O) groups excluding carboxylic acids is 1. The zero-order valence-corrected chi connectivity index (χ0v) is 10.1. The maximum atomic E-state index is 11.9. The van der Waals surface area contributed by atoms with Gasteiger partial charge in [-0.05, 0) is 5.92 Å². The first-order valence-electron chi connectivity index (χ1n) is 5.96. The molecule has 0 amide bonds. The zero-order valence-electron chi connectivity index (χ0n) is 10.1. The number of imidazole rings is 1. The Bertz CT molecular complexity index is 329. The van der Waals surface area contributed by atoms with Gasteiger partial charge in [-0.15, -0.1) is 0 Å². The monoisotopic (exact) mass is 223 g/mol. The number of hydrogen-bond acceptors (Lipinski definition) is 3. The van der Waals surface area contributed by atoms with E-state index in [2.05, 4.69) is 18.8 Å². The van der Waals surface area contributed by atoms with E-state index in [1.807, 2.05) is 4.57 Å². The van der Waals surface area contributed by atoms with Crippen molar-refractivity contribution in [2.45, 2.75) is 39.7 Å². The third kappa shape index (κ3) is 3.45. The van der Waals surface area contributed by atoms with Gasteiger partial charge in [0.25, 0.3) is 0 Å². The van der Waals surface area contributed by atoms with Crippen LogP contribution in [0.5, 0.6) is 0 Å². The molecule has 0 aromatic carbocycles. The Labute approximate surface area is 96.9 Å².